The molecule has 192 valence electrons. The normalized spacial score (nSPS) is 11.3. The van der Waals surface area contributed by atoms with Gasteiger partial charge in [0.1, 0.15) is 0 Å². The van der Waals surface area contributed by atoms with Crippen molar-refractivity contribution in [3.63, 3.8) is 0 Å². The van der Waals surface area contributed by atoms with Gasteiger partial charge in [0.15, 0.2) is 5.78 Å². The SMILES string of the molecule is CC(C)NCc1ccc(C(=O)NCC(=O)NC(CCCNC(N)=O)C(=O)C(C)C)cc1.CCC. The van der Waals surface area contributed by atoms with E-state index in [1.807, 2.05) is 12.1 Å². The van der Waals surface area contributed by atoms with Crippen molar-refractivity contribution >= 4 is 23.6 Å². The Balaban J connectivity index is 0.00000343. The summed E-state index contributed by atoms with van der Waals surface area (Å²) >= 11 is 0. The van der Waals surface area contributed by atoms with Crippen LogP contribution in [0.5, 0.6) is 0 Å². The molecular formula is C25H43N5O4. The largest absolute Gasteiger partial charge is 0.352 e. The van der Waals surface area contributed by atoms with Gasteiger partial charge >= 0.3 is 6.03 Å². The number of primary amides is 1. The van der Waals surface area contributed by atoms with Crippen molar-refractivity contribution in [2.75, 3.05) is 13.1 Å². The highest BCUT2D eigenvalue weighted by molar-refractivity contribution is 5.97. The second kappa shape index (κ2) is 17.5. The Hall–Kier alpha value is -2.94. The molecule has 1 aromatic carbocycles. The Kier molecular flexibility index (Phi) is 16.0. The first-order valence-corrected chi connectivity index (χ1v) is 12.0. The molecule has 0 spiro atoms. The van der Waals surface area contributed by atoms with Crippen molar-refractivity contribution in [2.45, 2.75) is 79.4 Å². The van der Waals surface area contributed by atoms with Crippen molar-refractivity contribution in [3.05, 3.63) is 35.4 Å². The monoisotopic (exact) mass is 477 g/mol. The van der Waals surface area contributed by atoms with Gasteiger partial charge in [-0.2, -0.15) is 0 Å². The molecule has 6 N–H and O–H groups in total. The third kappa shape index (κ3) is 14.3. The summed E-state index contributed by atoms with van der Waals surface area (Å²) in [5.41, 5.74) is 6.53. The zero-order valence-corrected chi connectivity index (χ0v) is 21.5. The maximum atomic E-state index is 12.4. The Morgan fingerprint density at radius 1 is 0.941 bits per heavy atom. The van der Waals surface area contributed by atoms with Crippen molar-refractivity contribution < 1.29 is 19.2 Å². The van der Waals surface area contributed by atoms with Crippen molar-refractivity contribution in [1.29, 1.82) is 0 Å². The Bertz CT molecular complexity index is 763. The molecule has 0 aromatic heterocycles. The number of Topliss-reactive ketones (excluding diaryl/α,β-unsaturated/α-hetero) is 1. The standard InChI is InChI=1S/C22H35N5O4.C3H8/c1-14(2)20(29)18(6-5-11-24-22(23)31)27-19(28)13-26-21(30)17-9-7-16(8-10-17)12-25-15(3)4;1-3-2/h7-10,14-15,18,25H,5-6,11-13H2,1-4H3,(H,26,30)(H,27,28)(H3,23,24,31);3H2,1-2H3. The molecule has 0 radical (unpaired) electrons. The molecule has 34 heavy (non-hydrogen) atoms. The molecule has 0 saturated carbocycles. The van der Waals surface area contributed by atoms with Crippen LogP contribution < -0.4 is 27.0 Å². The van der Waals surface area contributed by atoms with Gasteiger partial charge in [0.05, 0.1) is 12.6 Å². The first-order chi connectivity index (χ1) is 16.0. The predicted octanol–water partition coefficient (Wildman–Crippen LogP) is 2.49. The first kappa shape index (κ1) is 31.1. The lowest BCUT2D eigenvalue weighted by Crippen LogP contribution is -2.47. The predicted molar refractivity (Wildman–Crippen MR) is 135 cm³/mol. The second-order valence-corrected chi connectivity index (χ2v) is 8.73. The Morgan fingerprint density at radius 3 is 2.03 bits per heavy atom. The quantitative estimate of drug-likeness (QED) is 0.277. The third-order valence-corrected chi connectivity index (χ3v) is 4.56. The van der Waals surface area contributed by atoms with Crippen LogP contribution in [0.3, 0.4) is 0 Å². The lowest BCUT2D eigenvalue weighted by Gasteiger charge is -2.20. The minimum atomic E-state index is -0.688. The van der Waals surface area contributed by atoms with Crippen LogP contribution in [0.2, 0.25) is 0 Å². The average molecular weight is 478 g/mol. The highest BCUT2D eigenvalue weighted by atomic mass is 16.2. The summed E-state index contributed by atoms with van der Waals surface area (Å²) in [6, 6.07) is 6.19. The second-order valence-electron chi connectivity index (χ2n) is 8.73. The smallest absolute Gasteiger partial charge is 0.312 e. The van der Waals surface area contributed by atoms with Gasteiger partial charge in [0.2, 0.25) is 5.91 Å². The van der Waals surface area contributed by atoms with E-state index in [0.29, 0.717) is 37.5 Å². The zero-order chi connectivity index (χ0) is 26.1. The maximum Gasteiger partial charge on any atom is 0.312 e. The number of nitrogens with two attached hydrogens (primary N) is 1. The van der Waals surface area contributed by atoms with Crippen LogP contribution in [-0.4, -0.2) is 48.8 Å². The van der Waals surface area contributed by atoms with Crippen LogP contribution >= 0.6 is 0 Å². The number of rotatable bonds is 13. The van der Waals surface area contributed by atoms with Gasteiger partial charge in [0.25, 0.3) is 5.91 Å². The lowest BCUT2D eigenvalue weighted by atomic mass is 9.98. The molecule has 1 rings (SSSR count). The highest BCUT2D eigenvalue weighted by Gasteiger charge is 2.23. The molecule has 9 nitrogen and oxygen atoms in total. The zero-order valence-electron chi connectivity index (χ0n) is 21.5. The number of carbonyl (C=O) groups is 4. The average Bonchev–Trinajstić information content (AvgIpc) is 2.78. The van der Waals surface area contributed by atoms with E-state index < -0.39 is 18.0 Å². The Morgan fingerprint density at radius 2 is 1.53 bits per heavy atom. The van der Waals surface area contributed by atoms with Crippen LogP contribution in [0.4, 0.5) is 4.79 Å². The first-order valence-electron chi connectivity index (χ1n) is 12.0. The van der Waals surface area contributed by atoms with Crippen molar-refractivity contribution in [3.8, 4) is 0 Å². The van der Waals surface area contributed by atoms with E-state index in [-0.39, 0.29) is 24.2 Å². The fourth-order valence-electron chi connectivity index (χ4n) is 2.81. The van der Waals surface area contributed by atoms with Gasteiger partial charge in [-0.3, -0.25) is 14.4 Å². The van der Waals surface area contributed by atoms with E-state index in [1.54, 1.807) is 26.0 Å². The molecule has 4 amide bonds. The van der Waals surface area contributed by atoms with Crippen molar-refractivity contribution in [1.82, 2.24) is 21.3 Å². The van der Waals surface area contributed by atoms with E-state index in [1.165, 1.54) is 6.42 Å². The van der Waals surface area contributed by atoms with E-state index in [0.717, 1.165) is 5.56 Å². The molecule has 0 saturated heterocycles. The third-order valence-electron chi connectivity index (χ3n) is 4.56. The molecule has 0 aliphatic heterocycles. The molecule has 9 heteroatoms. The summed E-state index contributed by atoms with van der Waals surface area (Å²) in [7, 11) is 0. The van der Waals surface area contributed by atoms with Gasteiger partial charge < -0.3 is 27.0 Å². The van der Waals surface area contributed by atoms with E-state index in [4.69, 9.17) is 5.73 Å². The summed E-state index contributed by atoms with van der Waals surface area (Å²) in [4.78, 5) is 47.7. The molecule has 0 fully saturated rings. The summed E-state index contributed by atoms with van der Waals surface area (Å²) in [5.74, 6) is -1.18. The maximum absolute atomic E-state index is 12.4. The van der Waals surface area contributed by atoms with E-state index >= 15 is 0 Å². The molecule has 1 atom stereocenters. The summed E-state index contributed by atoms with van der Waals surface area (Å²) in [5, 5.41) is 11.0. The molecule has 1 aromatic rings. The summed E-state index contributed by atoms with van der Waals surface area (Å²) in [6.45, 7) is 12.7. The molecule has 1 unspecified atom stereocenters. The van der Waals surface area contributed by atoms with Crippen LogP contribution in [-0.2, 0) is 16.1 Å². The number of urea groups is 1. The van der Waals surface area contributed by atoms with Crippen molar-refractivity contribution in [2.24, 2.45) is 11.7 Å². The van der Waals surface area contributed by atoms with Gasteiger partial charge in [-0.15, -0.1) is 0 Å². The van der Waals surface area contributed by atoms with Gasteiger partial charge in [0, 0.05) is 30.6 Å². The highest BCUT2D eigenvalue weighted by Crippen LogP contribution is 2.07. The lowest BCUT2D eigenvalue weighted by molar-refractivity contribution is -0.129. The van der Waals surface area contributed by atoms with Gasteiger partial charge in [-0.1, -0.05) is 60.1 Å². The van der Waals surface area contributed by atoms with E-state index in [2.05, 4.69) is 49.0 Å². The molecular weight excluding hydrogens is 434 g/mol. The minimum Gasteiger partial charge on any atom is -0.352 e. The topological polar surface area (TPSA) is 142 Å². The number of benzene rings is 1. The van der Waals surface area contributed by atoms with Crippen LogP contribution in [0.1, 0.15) is 76.7 Å². The number of hydrogen-bond acceptors (Lipinski definition) is 5. The van der Waals surface area contributed by atoms with Gasteiger partial charge in [-0.05, 0) is 30.5 Å². The van der Waals surface area contributed by atoms with Crippen LogP contribution in [0.15, 0.2) is 24.3 Å². The van der Waals surface area contributed by atoms with Crippen LogP contribution in [0, 0.1) is 5.92 Å². The fraction of sp³-hybridized carbons (Fsp3) is 0.600. The van der Waals surface area contributed by atoms with Gasteiger partial charge in [-0.25, -0.2) is 4.79 Å². The van der Waals surface area contributed by atoms with Crippen LogP contribution in [0.25, 0.3) is 0 Å². The Labute approximate surface area is 204 Å². The minimum absolute atomic E-state index is 0.107. The number of carbonyl (C=O) groups excluding carboxylic acids is 4. The fourth-order valence-corrected chi connectivity index (χ4v) is 2.81. The molecule has 0 bridgehead atoms. The number of hydrogen-bond donors (Lipinski definition) is 5. The summed E-state index contributed by atoms with van der Waals surface area (Å²) in [6.07, 6.45) is 2.10. The number of ketones is 1. The molecule has 0 aliphatic carbocycles. The van der Waals surface area contributed by atoms with E-state index in [9.17, 15) is 19.2 Å². The number of amides is 4. The summed E-state index contributed by atoms with van der Waals surface area (Å²) < 4.78 is 0. The molecule has 0 heterocycles. The number of nitrogens with one attached hydrogen (secondary N) is 4. The molecule has 0 aliphatic rings.